The largest absolute Gasteiger partial charge is 0.508 e. The second-order valence-electron chi connectivity index (χ2n) is 6.23. The molecule has 6 heteroatoms. The molecule has 0 aromatic heterocycles. The second-order valence-corrected chi connectivity index (χ2v) is 6.23. The fourth-order valence-corrected chi connectivity index (χ4v) is 2.66. The molecule has 0 aliphatic heterocycles. The average Bonchev–Trinajstić information content (AvgIpc) is 3.49. The van der Waals surface area contributed by atoms with E-state index in [2.05, 4.69) is 0 Å². The highest BCUT2D eigenvalue weighted by atomic mass is 16.5. The lowest BCUT2D eigenvalue weighted by Crippen LogP contribution is -2.36. The monoisotopic (exact) mass is 355 g/mol. The summed E-state index contributed by atoms with van der Waals surface area (Å²) < 4.78 is 10.3. The van der Waals surface area contributed by atoms with Gasteiger partial charge in [0, 0.05) is 12.6 Å². The number of hydrogen-bond acceptors (Lipinski definition) is 5. The van der Waals surface area contributed by atoms with Crippen molar-refractivity contribution in [3.63, 3.8) is 0 Å². The number of carbonyl (C=O) groups is 2. The highest BCUT2D eigenvalue weighted by Gasteiger charge is 2.33. The Kier molecular flexibility index (Phi) is 5.41. The third kappa shape index (κ3) is 4.53. The van der Waals surface area contributed by atoms with Crippen molar-refractivity contribution in [2.75, 3.05) is 13.7 Å². The van der Waals surface area contributed by atoms with Crippen molar-refractivity contribution in [2.45, 2.75) is 25.4 Å². The molecule has 0 spiro atoms. The minimum absolute atomic E-state index is 0.0233. The maximum Gasteiger partial charge on any atom is 0.338 e. The molecule has 6 nitrogen and oxygen atoms in total. The zero-order valence-electron chi connectivity index (χ0n) is 14.6. The summed E-state index contributed by atoms with van der Waals surface area (Å²) in [5.74, 6) is -0.116. The fourth-order valence-electron chi connectivity index (χ4n) is 2.66. The number of esters is 1. The van der Waals surface area contributed by atoms with Gasteiger partial charge in [-0.25, -0.2) is 4.79 Å². The molecule has 1 saturated carbocycles. The van der Waals surface area contributed by atoms with Crippen LogP contribution in [0.4, 0.5) is 0 Å². The molecule has 0 bridgehead atoms. The molecular formula is C20H21NO5. The molecule has 1 amide bonds. The zero-order chi connectivity index (χ0) is 18.5. The molecular weight excluding hydrogens is 334 g/mol. The minimum Gasteiger partial charge on any atom is -0.508 e. The number of aromatic hydroxyl groups is 1. The van der Waals surface area contributed by atoms with E-state index in [0.29, 0.717) is 6.54 Å². The van der Waals surface area contributed by atoms with Crippen LogP contribution in [0.3, 0.4) is 0 Å². The van der Waals surface area contributed by atoms with Gasteiger partial charge in [0.15, 0.2) is 6.61 Å². The minimum atomic E-state index is -0.630. The molecule has 1 aliphatic carbocycles. The summed E-state index contributed by atoms with van der Waals surface area (Å²) in [6.45, 7) is 0.151. The standard InChI is InChI=1S/C20H21NO5/c1-25-18-9-5-14(6-10-18)12-21(16-7-8-16)19(23)13-26-20(24)15-3-2-4-17(22)11-15/h2-6,9-11,16,22H,7-8,12-13H2,1H3. The first-order chi connectivity index (χ1) is 12.6. The number of carbonyl (C=O) groups excluding carboxylic acids is 2. The molecule has 2 aromatic rings. The Hall–Kier alpha value is -3.02. The first kappa shape index (κ1) is 17.8. The molecule has 0 radical (unpaired) electrons. The molecule has 0 heterocycles. The number of amides is 1. The lowest BCUT2D eigenvalue weighted by molar-refractivity contribution is -0.135. The van der Waals surface area contributed by atoms with Crippen LogP contribution in [-0.4, -0.2) is 41.6 Å². The van der Waals surface area contributed by atoms with Crippen LogP contribution in [0.15, 0.2) is 48.5 Å². The molecule has 136 valence electrons. The van der Waals surface area contributed by atoms with Gasteiger partial charge >= 0.3 is 5.97 Å². The predicted molar refractivity (Wildman–Crippen MR) is 95.0 cm³/mol. The van der Waals surface area contributed by atoms with Gasteiger partial charge in [0.2, 0.25) is 0 Å². The van der Waals surface area contributed by atoms with E-state index in [4.69, 9.17) is 9.47 Å². The Morgan fingerprint density at radius 2 is 1.88 bits per heavy atom. The van der Waals surface area contributed by atoms with Crippen LogP contribution in [-0.2, 0) is 16.1 Å². The molecule has 1 aliphatic rings. The summed E-state index contributed by atoms with van der Waals surface area (Å²) in [7, 11) is 1.61. The van der Waals surface area contributed by atoms with Gasteiger partial charge in [-0.2, -0.15) is 0 Å². The average molecular weight is 355 g/mol. The lowest BCUT2D eigenvalue weighted by atomic mass is 10.2. The lowest BCUT2D eigenvalue weighted by Gasteiger charge is -2.22. The molecule has 0 saturated heterocycles. The molecule has 1 N–H and O–H groups in total. The van der Waals surface area contributed by atoms with Crippen molar-refractivity contribution in [3.05, 3.63) is 59.7 Å². The number of rotatable bonds is 7. The number of ether oxygens (including phenoxy) is 2. The van der Waals surface area contributed by atoms with Gasteiger partial charge in [0.05, 0.1) is 12.7 Å². The van der Waals surface area contributed by atoms with Crippen molar-refractivity contribution < 1.29 is 24.2 Å². The van der Waals surface area contributed by atoms with Crippen molar-refractivity contribution in [3.8, 4) is 11.5 Å². The number of nitrogens with zero attached hydrogens (tertiary/aromatic N) is 1. The Bertz CT molecular complexity index is 783. The quantitative estimate of drug-likeness (QED) is 0.773. The van der Waals surface area contributed by atoms with Gasteiger partial charge < -0.3 is 19.5 Å². The Balaban J connectivity index is 1.59. The van der Waals surface area contributed by atoms with Crippen LogP contribution in [0.25, 0.3) is 0 Å². The van der Waals surface area contributed by atoms with E-state index >= 15 is 0 Å². The SMILES string of the molecule is COc1ccc(CN(C(=O)COC(=O)c2cccc(O)c2)C2CC2)cc1. The Morgan fingerprint density at radius 1 is 1.15 bits per heavy atom. The summed E-state index contributed by atoms with van der Waals surface area (Å²) in [5, 5.41) is 9.42. The van der Waals surface area contributed by atoms with Crippen LogP contribution >= 0.6 is 0 Å². The maximum atomic E-state index is 12.5. The first-order valence-corrected chi connectivity index (χ1v) is 8.45. The molecule has 26 heavy (non-hydrogen) atoms. The Morgan fingerprint density at radius 3 is 2.50 bits per heavy atom. The number of phenols is 1. The number of hydrogen-bond donors (Lipinski definition) is 1. The van der Waals surface area contributed by atoms with Crippen LogP contribution < -0.4 is 4.74 Å². The topological polar surface area (TPSA) is 76.1 Å². The summed E-state index contributed by atoms with van der Waals surface area (Å²) >= 11 is 0. The zero-order valence-corrected chi connectivity index (χ0v) is 14.6. The summed E-state index contributed by atoms with van der Waals surface area (Å²) in [6, 6.07) is 13.6. The Labute approximate surface area is 152 Å². The number of methoxy groups -OCH3 is 1. The third-order valence-corrected chi connectivity index (χ3v) is 4.23. The highest BCUT2D eigenvalue weighted by Crippen LogP contribution is 2.29. The molecule has 3 rings (SSSR count). The third-order valence-electron chi connectivity index (χ3n) is 4.23. The smallest absolute Gasteiger partial charge is 0.338 e. The molecule has 0 atom stereocenters. The van der Waals surface area contributed by atoms with Crippen molar-refractivity contribution in [2.24, 2.45) is 0 Å². The van der Waals surface area contributed by atoms with Gasteiger partial charge in [-0.05, 0) is 48.7 Å². The second kappa shape index (κ2) is 7.91. The number of phenolic OH excluding ortho intramolecular Hbond substituents is 1. The van der Waals surface area contributed by atoms with Gasteiger partial charge in [-0.1, -0.05) is 18.2 Å². The van der Waals surface area contributed by atoms with E-state index in [9.17, 15) is 14.7 Å². The molecule has 1 fully saturated rings. The van der Waals surface area contributed by atoms with E-state index in [1.807, 2.05) is 24.3 Å². The van der Waals surface area contributed by atoms with E-state index in [-0.39, 0.29) is 29.9 Å². The normalized spacial score (nSPS) is 13.1. The molecule has 2 aromatic carbocycles. The number of benzene rings is 2. The van der Waals surface area contributed by atoms with Crippen LogP contribution in [0.5, 0.6) is 11.5 Å². The van der Waals surface area contributed by atoms with Gasteiger partial charge in [-0.15, -0.1) is 0 Å². The first-order valence-electron chi connectivity index (χ1n) is 8.45. The van der Waals surface area contributed by atoms with E-state index in [1.54, 1.807) is 18.1 Å². The van der Waals surface area contributed by atoms with E-state index in [0.717, 1.165) is 24.2 Å². The van der Waals surface area contributed by atoms with Gasteiger partial charge in [-0.3, -0.25) is 4.79 Å². The fraction of sp³-hybridized carbons (Fsp3) is 0.300. The van der Waals surface area contributed by atoms with Crippen molar-refractivity contribution >= 4 is 11.9 Å². The summed E-state index contributed by atoms with van der Waals surface area (Å²) in [6.07, 6.45) is 1.92. The van der Waals surface area contributed by atoms with Crippen LogP contribution in [0.1, 0.15) is 28.8 Å². The highest BCUT2D eigenvalue weighted by molar-refractivity contribution is 5.91. The van der Waals surface area contributed by atoms with Gasteiger partial charge in [0.1, 0.15) is 11.5 Å². The predicted octanol–water partition coefficient (Wildman–Crippen LogP) is 2.75. The van der Waals surface area contributed by atoms with Crippen molar-refractivity contribution in [1.82, 2.24) is 4.90 Å². The van der Waals surface area contributed by atoms with Crippen LogP contribution in [0.2, 0.25) is 0 Å². The van der Waals surface area contributed by atoms with Crippen molar-refractivity contribution in [1.29, 1.82) is 0 Å². The van der Waals surface area contributed by atoms with E-state index in [1.165, 1.54) is 18.2 Å². The summed E-state index contributed by atoms with van der Waals surface area (Å²) in [5.41, 5.74) is 1.20. The maximum absolute atomic E-state index is 12.5. The van der Waals surface area contributed by atoms with Gasteiger partial charge in [0.25, 0.3) is 5.91 Å². The summed E-state index contributed by atoms with van der Waals surface area (Å²) in [4.78, 5) is 26.3. The molecule has 0 unspecified atom stereocenters. The van der Waals surface area contributed by atoms with E-state index < -0.39 is 5.97 Å². The van der Waals surface area contributed by atoms with Crippen LogP contribution in [0, 0.1) is 0 Å².